The summed E-state index contributed by atoms with van der Waals surface area (Å²) >= 11 is 0. The largest absolute Gasteiger partial charge is 0.416 e. The van der Waals surface area contributed by atoms with Crippen LogP contribution in [0.1, 0.15) is 5.56 Å². The van der Waals surface area contributed by atoms with Crippen LogP contribution >= 0.6 is 0 Å². The van der Waals surface area contributed by atoms with Crippen molar-refractivity contribution >= 4 is 16.4 Å². The third kappa shape index (κ3) is 4.18. The first-order valence-corrected chi connectivity index (χ1v) is 7.52. The van der Waals surface area contributed by atoms with Crippen LogP contribution in [0.4, 0.5) is 13.2 Å². The Balaban J connectivity index is 2.13. The topological polar surface area (TPSA) is 59.0 Å². The van der Waals surface area contributed by atoms with Crippen molar-refractivity contribution in [3.8, 4) is 0 Å². The van der Waals surface area contributed by atoms with Gasteiger partial charge in [0.15, 0.2) is 0 Å². The molecule has 0 saturated carbocycles. The lowest BCUT2D eigenvalue weighted by Crippen LogP contribution is -2.35. The van der Waals surface area contributed by atoms with Gasteiger partial charge in [0.25, 0.3) is 10.0 Å². The van der Waals surface area contributed by atoms with E-state index in [9.17, 15) is 21.6 Å². The third-order valence-electron chi connectivity index (χ3n) is 2.87. The van der Waals surface area contributed by atoms with E-state index >= 15 is 0 Å². The Hall–Kier alpha value is -1.61. The molecule has 0 aliphatic carbocycles. The summed E-state index contributed by atoms with van der Waals surface area (Å²) in [6, 6.07) is 3.23. The summed E-state index contributed by atoms with van der Waals surface area (Å²) in [5.74, 6) is 0. The summed E-state index contributed by atoms with van der Waals surface area (Å²) in [6.07, 6.45) is -3.32. The van der Waals surface area contributed by atoms with Crippen molar-refractivity contribution in [1.29, 1.82) is 0 Å². The molecule has 1 aliphatic heterocycles. The van der Waals surface area contributed by atoms with Gasteiger partial charge in [0.2, 0.25) is 0 Å². The molecule has 0 radical (unpaired) electrons. The van der Waals surface area contributed by atoms with Gasteiger partial charge in [-0.3, -0.25) is 0 Å². The maximum Gasteiger partial charge on any atom is 0.416 e. The zero-order valence-electron chi connectivity index (χ0n) is 10.9. The summed E-state index contributed by atoms with van der Waals surface area (Å²) in [6.45, 7) is 2.00. The van der Waals surface area contributed by atoms with Crippen molar-refractivity contribution in [1.82, 2.24) is 4.90 Å². The molecule has 0 N–H and O–H groups in total. The van der Waals surface area contributed by atoms with E-state index in [0.717, 1.165) is 24.3 Å². The highest BCUT2D eigenvalue weighted by Crippen LogP contribution is 2.29. The SMILES string of the molecule is O=S(=O)(/N=C/N1CCOCC1)c1ccc(C(F)(F)F)cc1. The lowest BCUT2D eigenvalue weighted by molar-refractivity contribution is -0.137. The van der Waals surface area contributed by atoms with E-state index < -0.39 is 21.8 Å². The quantitative estimate of drug-likeness (QED) is 0.628. The van der Waals surface area contributed by atoms with Gasteiger partial charge in [0.05, 0.1) is 23.7 Å². The Morgan fingerprint density at radius 3 is 2.24 bits per heavy atom. The molecule has 9 heteroatoms. The molecule has 0 bridgehead atoms. The molecular formula is C12H13F3N2O3S. The number of nitrogens with zero attached hydrogens (tertiary/aromatic N) is 2. The fraction of sp³-hybridized carbons (Fsp3) is 0.417. The monoisotopic (exact) mass is 322 g/mol. The zero-order valence-corrected chi connectivity index (χ0v) is 11.7. The minimum absolute atomic E-state index is 0.278. The molecular weight excluding hydrogens is 309 g/mol. The molecule has 1 saturated heterocycles. The average Bonchev–Trinajstić information content (AvgIpc) is 2.46. The highest BCUT2D eigenvalue weighted by molar-refractivity contribution is 7.90. The van der Waals surface area contributed by atoms with E-state index in [-0.39, 0.29) is 4.90 Å². The molecule has 0 aromatic heterocycles. The molecule has 0 amide bonds. The summed E-state index contributed by atoms with van der Waals surface area (Å²) in [4.78, 5) is 1.39. The molecule has 0 spiro atoms. The molecule has 2 rings (SSSR count). The summed E-state index contributed by atoms with van der Waals surface area (Å²) in [7, 11) is -4.00. The smallest absolute Gasteiger partial charge is 0.378 e. The van der Waals surface area contributed by atoms with Crippen LogP contribution in [-0.4, -0.2) is 46.0 Å². The van der Waals surface area contributed by atoms with Gasteiger partial charge >= 0.3 is 6.18 Å². The van der Waals surface area contributed by atoms with E-state index in [2.05, 4.69) is 4.40 Å². The number of alkyl halides is 3. The van der Waals surface area contributed by atoms with Crippen LogP contribution in [0.3, 0.4) is 0 Å². The van der Waals surface area contributed by atoms with Crippen LogP contribution in [0.15, 0.2) is 33.6 Å². The Labute approximate surface area is 120 Å². The Morgan fingerprint density at radius 2 is 1.71 bits per heavy atom. The normalized spacial score (nSPS) is 17.4. The van der Waals surface area contributed by atoms with Crippen LogP contribution < -0.4 is 0 Å². The number of morpholine rings is 1. The van der Waals surface area contributed by atoms with Crippen LogP contribution in [0.25, 0.3) is 0 Å². The lowest BCUT2D eigenvalue weighted by Gasteiger charge is -2.23. The molecule has 1 heterocycles. The van der Waals surface area contributed by atoms with Crippen LogP contribution in [0.5, 0.6) is 0 Å². The van der Waals surface area contributed by atoms with Crippen molar-refractivity contribution in [2.24, 2.45) is 4.40 Å². The second kappa shape index (κ2) is 6.02. The zero-order chi connectivity index (χ0) is 15.5. The van der Waals surface area contributed by atoms with Gasteiger partial charge in [-0.15, -0.1) is 4.40 Å². The number of ether oxygens (including phenoxy) is 1. The predicted octanol–water partition coefficient (Wildman–Crippen LogP) is 1.75. The number of benzene rings is 1. The van der Waals surface area contributed by atoms with Crippen molar-refractivity contribution in [2.45, 2.75) is 11.1 Å². The summed E-state index contributed by atoms with van der Waals surface area (Å²) < 4.78 is 69.6. The number of hydrogen-bond donors (Lipinski definition) is 0. The highest BCUT2D eigenvalue weighted by Gasteiger charge is 2.30. The van der Waals surface area contributed by atoms with E-state index in [1.54, 1.807) is 4.90 Å². The van der Waals surface area contributed by atoms with Crippen LogP contribution in [0.2, 0.25) is 0 Å². The Kier molecular flexibility index (Phi) is 4.52. The Bertz CT molecular complexity index is 606. The maximum absolute atomic E-state index is 12.4. The predicted molar refractivity (Wildman–Crippen MR) is 69.5 cm³/mol. The van der Waals surface area contributed by atoms with Gasteiger partial charge in [0, 0.05) is 13.1 Å². The molecule has 21 heavy (non-hydrogen) atoms. The molecule has 0 unspecified atom stereocenters. The number of rotatable bonds is 3. The number of hydrogen-bond acceptors (Lipinski definition) is 3. The van der Waals surface area contributed by atoms with E-state index in [1.165, 1.54) is 6.34 Å². The second-order valence-corrected chi connectivity index (χ2v) is 6.00. The minimum atomic E-state index is -4.50. The molecule has 1 aliphatic rings. The van der Waals surface area contributed by atoms with Crippen molar-refractivity contribution in [3.05, 3.63) is 29.8 Å². The summed E-state index contributed by atoms with van der Waals surface area (Å²) in [5, 5.41) is 0. The fourth-order valence-corrected chi connectivity index (χ4v) is 2.56. The average molecular weight is 322 g/mol. The second-order valence-electron chi connectivity index (χ2n) is 4.37. The fourth-order valence-electron chi connectivity index (χ4n) is 1.70. The minimum Gasteiger partial charge on any atom is -0.378 e. The van der Waals surface area contributed by atoms with Crippen LogP contribution in [0, 0.1) is 0 Å². The van der Waals surface area contributed by atoms with Crippen molar-refractivity contribution in [3.63, 3.8) is 0 Å². The van der Waals surface area contributed by atoms with Gasteiger partial charge in [-0.25, -0.2) is 0 Å². The molecule has 1 fully saturated rings. The first-order valence-electron chi connectivity index (χ1n) is 6.08. The number of halogens is 3. The van der Waals surface area contributed by atoms with Gasteiger partial charge < -0.3 is 9.64 Å². The van der Waals surface area contributed by atoms with Gasteiger partial charge in [-0.05, 0) is 24.3 Å². The molecule has 1 aromatic rings. The molecule has 1 aromatic carbocycles. The van der Waals surface area contributed by atoms with Gasteiger partial charge in [0.1, 0.15) is 6.34 Å². The lowest BCUT2D eigenvalue weighted by atomic mass is 10.2. The number of sulfonamides is 1. The molecule has 5 nitrogen and oxygen atoms in total. The maximum atomic E-state index is 12.4. The first kappa shape index (κ1) is 15.8. The summed E-state index contributed by atoms with van der Waals surface area (Å²) in [5.41, 5.74) is -0.904. The van der Waals surface area contributed by atoms with Crippen LogP contribution in [-0.2, 0) is 20.9 Å². The highest BCUT2D eigenvalue weighted by atomic mass is 32.2. The van der Waals surface area contributed by atoms with Crippen molar-refractivity contribution in [2.75, 3.05) is 26.3 Å². The van der Waals surface area contributed by atoms with Gasteiger partial charge in [-0.2, -0.15) is 21.6 Å². The Morgan fingerprint density at radius 1 is 1.14 bits per heavy atom. The molecule has 116 valence electrons. The standard InChI is InChI=1S/C12H13F3N2O3S/c13-12(14,15)10-1-3-11(4-2-10)21(18,19)16-9-17-5-7-20-8-6-17/h1-4,9H,5-8H2/b16-9+. The van der Waals surface area contributed by atoms with E-state index in [1.807, 2.05) is 0 Å². The van der Waals surface area contributed by atoms with E-state index in [0.29, 0.717) is 26.3 Å². The third-order valence-corrected chi connectivity index (χ3v) is 4.11. The first-order chi connectivity index (χ1) is 9.79. The van der Waals surface area contributed by atoms with Gasteiger partial charge in [-0.1, -0.05) is 0 Å². The van der Waals surface area contributed by atoms with E-state index in [4.69, 9.17) is 4.74 Å². The molecule has 0 atom stereocenters. The van der Waals surface area contributed by atoms with Crippen molar-refractivity contribution < 1.29 is 26.3 Å².